The van der Waals surface area contributed by atoms with Crippen LogP contribution in [-0.4, -0.2) is 17.4 Å². The van der Waals surface area contributed by atoms with Gasteiger partial charge >= 0.3 is 0 Å². The quantitative estimate of drug-likeness (QED) is 0.780. The minimum absolute atomic E-state index is 0.0688. The highest BCUT2D eigenvalue weighted by atomic mass is 16.5. The van der Waals surface area contributed by atoms with E-state index in [1.165, 1.54) is 12.3 Å². The van der Waals surface area contributed by atoms with Crippen molar-refractivity contribution in [2.75, 3.05) is 12.8 Å². The molecule has 0 fully saturated rings. The van der Waals surface area contributed by atoms with Gasteiger partial charge in [0.15, 0.2) is 5.76 Å². The molecule has 5 nitrogen and oxygen atoms in total. The fourth-order valence-electron chi connectivity index (χ4n) is 1.28. The van der Waals surface area contributed by atoms with E-state index >= 15 is 0 Å². The van der Waals surface area contributed by atoms with Crippen molar-refractivity contribution in [2.45, 2.75) is 0 Å². The second-order valence-corrected chi connectivity index (χ2v) is 2.99. The zero-order chi connectivity index (χ0) is 10.8. The topological polar surface area (TPSA) is 81.5 Å². The number of hydrogen-bond donors (Lipinski definition) is 2. The average molecular weight is 206 g/mol. The molecule has 0 saturated carbocycles. The van der Waals surface area contributed by atoms with Crippen molar-refractivity contribution in [1.29, 1.82) is 0 Å². The number of ether oxygens (including phenoxy) is 1. The van der Waals surface area contributed by atoms with Gasteiger partial charge in [0.2, 0.25) is 0 Å². The highest BCUT2D eigenvalue weighted by molar-refractivity contribution is 5.75. The summed E-state index contributed by atoms with van der Waals surface area (Å²) in [7, 11) is 1.54. The van der Waals surface area contributed by atoms with Crippen molar-refractivity contribution in [1.82, 2.24) is 5.16 Å². The van der Waals surface area contributed by atoms with Crippen LogP contribution in [0.25, 0.3) is 11.3 Å². The third-order valence-corrected chi connectivity index (χ3v) is 2.05. The van der Waals surface area contributed by atoms with Crippen LogP contribution in [0.3, 0.4) is 0 Å². The molecule has 0 aliphatic carbocycles. The number of nitrogens with zero attached hydrogens (tertiary/aromatic N) is 1. The number of methoxy groups -OCH3 is 1. The summed E-state index contributed by atoms with van der Waals surface area (Å²) in [5.74, 6) is 1.02. The Hall–Kier alpha value is -2.17. The van der Waals surface area contributed by atoms with Crippen LogP contribution in [0.1, 0.15) is 0 Å². The van der Waals surface area contributed by atoms with Crippen molar-refractivity contribution in [2.24, 2.45) is 0 Å². The molecule has 0 bridgehead atoms. The Kier molecular flexibility index (Phi) is 2.21. The molecule has 1 aromatic carbocycles. The zero-order valence-electron chi connectivity index (χ0n) is 8.10. The van der Waals surface area contributed by atoms with Gasteiger partial charge in [-0.15, -0.1) is 0 Å². The summed E-state index contributed by atoms with van der Waals surface area (Å²) in [5, 5.41) is 13.2. The summed E-state index contributed by atoms with van der Waals surface area (Å²) in [5.41, 5.74) is 6.46. The smallest absolute Gasteiger partial charge is 0.193 e. The van der Waals surface area contributed by atoms with Crippen LogP contribution in [0.2, 0.25) is 0 Å². The van der Waals surface area contributed by atoms with Gasteiger partial charge in [-0.05, 0) is 18.2 Å². The Balaban J connectivity index is 2.56. The number of phenols is 1. The van der Waals surface area contributed by atoms with E-state index in [-0.39, 0.29) is 5.75 Å². The lowest BCUT2D eigenvalue weighted by Crippen LogP contribution is -1.87. The number of aromatic hydroxyl groups is 1. The van der Waals surface area contributed by atoms with Crippen molar-refractivity contribution in [3.8, 4) is 22.8 Å². The molecule has 0 radical (unpaired) electrons. The van der Waals surface area contributed by atoms with E-state index in [9.17, 15) is 5.11 Å². The minimum Gasteiger partial charge on any atom is -0.507 e. The lowest BCUT2D eigenvalue weighted by molar-refractivity contribution is 0.409. The van der Waals surface area contributed by atoms with E-state index in [1.807, 2.05) is 0 Å². The molecular formula is C10H10N2O3. The average Bonchev–Trinajstić information content (AvgIpc) is 2.65. The first-order valence-corrected chi connectivity index (χ1v) is 4.30. The van der Waals surface area contributed by atoms with Gasteiger partial charge in [0.25, 0.3) is 0 Å². The van der Waals surface area contributed by atoms with Crippen molar-refractivity contribution < 1.29 is 14.4 Å². The fraction of sp³-hybridized carbons (Fsp3) is 0.100. The number of phenolic OH excluding ortho intramolecular Hbond substituents is 1. The summed E-state index contributed by atoms with van der Waals surface area (Å²) in [6.45, 7) is 0. The zero-order valence-corrected chi connectivity index (χ0v) is 8.10. The van der Waals surface area contributed by atoms with Crippen LogP contribution in [0.4, 0.5) is 5.69 Å². The lowest BCUT2D eigenvalue weighted by Gasteiger charge is -2.04. The molecule has 0 aliphatic heterocycles. The van der Waals surface area contributed by atoms with Gasteiger partial charge < -0.3 is 20.1 Å². The van der Waals surface area contributed by atoms with Crippen molar-refractivity contribution in [3.63, 3.8) is 0 Å². The molecule has 0 saturated heterocycles. The summed E-state index contributed by atoms with van der Waals surface area (Å²) in [6.07, 6.45) is 1.38. The van der Waals surface area contributed by atoms with Crippen LogP contribution in [-0.2, 0) is 0 Å². The van der Waals surface area contributed by atoms with Gasteiger partial charge in [0, 0.05) is 0 Å². The first kappa shape index (κ1) is 9.39. The van der Waals surface area contributed by atoms with E-state index in [2.05, 4.69) is 5.16 Å². The largest absolute Gasteiger partial charge is 0.507 e. The highest BCUT2D eigenvalue weighted by Gasteiger charge is 2.13. The maximum atomic E-state index is 9.63. The van der Waals surface area contributed by atoms with E-state index < -0.39 is 0 Å². The van der Waals surface area contributed by atoms with Gasteiger partial charge in [-0.1, -0.05) is 5.16 Å². The Labute approximate surface area is 86.1 Å². The van der Waals surface area contributed by atoms with E-state index in [1.54, 1.807) is 19.2 Å². The molecule has 1 aromatic heterocycles. The molecule has 5 heteroatoms. The Bertz CT molecular complexity index is 479. The molecule has 2 aromatic rings. The molecule has 1 heterocycles. The monoisotopic (exact) mass is 206 g/mol. The van der Waals surface area contributed by atoms with Crippen LogP contribution in [0, 0.1) is 0 Å². The van der Waals surface area contributed by atoms with Gasteiger partial charge in [0.1, 0.15) is 17.2 Å². The van der Waals surface area contributed by atoms with Crippen molar-refractivity contribution >= 4 is 5.69 Å². The second kappa shape index (κ2) is 3.53. The Morgan fingerprint density at radius 2 is 2.27 bits per heavy atom. The molecule has 0 aliphatic rings. The first-order chi connectivity index (χ1) is 7.22. The molecule has 78 valence electrons. The Morgan fingerprint density at radius 1 is 1.47 bits per heavy atom. The lowest BCUT2D eigenvalue weighted by atomic mass is 10.1. The summed E-state index contributed by atoms with van der Waals surface area (Å²) < 4.78 is 9.97. The maximum absolute atomic E-state index is 9.63. The standard InChI is InChI=1S/C10H10N2O3/c1-14-6-2-3-9(13)7(4-6)10-8(11)5-12-15-10/h2-5,13H,11H2,1H3. The van der Waals surface area contributed by atoms with Crippen LogP contribution >= 0.6 is 0 Å². The highest BCUT2D eigenvalue weighted by Crippen LogP contribution is 2.35. The van der Waals surface area contributed by atoms with E-state index in [0.29, 0.717) is 22.8 Å². The number of benzene rings is 1. The summed E-state index contributed by atoms with van der Waals surface area (Å²) in [4.78, 5) is 0. The van der Waals surface area contributed by atoms with Gasteiger partial charge in [-0.3, -0.25) is 0 Å². The fourth-order valence-corrected chi connectivity index (χ4v) is 1.28. The number of aromatic nitrogens is 1. The van der Waals surface area contributed by atoms with Crippen LogP contribution in [0.15, 0.2) is 28.9 Å². The minimum atomic E-state index is 0.0688. The SMILES string of the molecule is COc1ccc(O)c(-c2oncc2N)c1. The normalized spacial score (nSPS) is 10.2. The third kappa shape index (κ3) is 1.59. The predicted octanol–water partition coefficient (Wildman–Crippen LogP) is 1.64. The molecule has 0 amide bonds. The van der Waals surface area contributed by atoms with E-state index in [0.717, 1.165) is 0 Å². The third-order valence-electron chi connectivity index (χ3n) is 2.05. The molecule has 15 heavy (non-hydrogen) atoms. The van der Waals surface area contributed by atoms with Crippen LogP contribution < -0.4 is 10.5 Å². The molecule has 2 rings (SSSR count). The number of nitrogens with two attached hydrogens (primary N) is 1. The Morgan fingerprint density at radius 3 is 2.87 bits per heavy atom. The summed E-state index contributed by atoms with van der Waals surface area (Å²) in [6, 6.07) is 4.79. The molecular weight excluding hydrogens is 196 g/mol. The maximum Gasteiger partial charge on any atom is 0.193 e. The molecule has 3 N–H and O–H groups in total. The second-order valence-electron chi connectivity index (χ2n) is 2.99. The van der Waals surface area contributed by atoms with Gasteiger partial charge in [-0.2, -0.15) is 0 Å². The number of nitrogen functional groups attached to an aromatic ring is 1. The number of anilines is 1. The summed E-state index contributed by atoms with van der Waals surface area (Å²) >= 11 is 0. The van der Waals surface area contributed by atoms with Gasteiger partial charge in [-0.25, -0.2) is 0 Å². The number of hydrogen-bond acceptors (Lipinski definition) is 5. The first-order valence-electron chi connectivity index (χ1n) is 4.30. The molecule has 0 atom stereocenters. The number of rotatable bonds is 2. The molecule has 0 spiro atoms. The predicted molar refractivity (Wildman–Crippen MR) is 54.6 cm³/mol. The van der Waals surface area contributed by atoms with E-state index in [4.69, 9.17) is 15.0 Å². The van der Waals surface area contributed by atoms with Crippen LogP contribution in [0.5, 0.6) is 11.5 Å². The van der Waals surface area contributed by atoms with Crippen molar-refractivity contribution in [3.05, 3.63) is 24.4 Å². The van der Waals surface area contributed by atoms with Gasteiger partial charge in [0.05, 0.1) is 18.9 Å². The molecule has 0 unspecified atom stereocenters.